The zero-order chi connectivity index (χ0) is 14.6. The molecule has 0 aromatic carbocycles. The van der Waals surface area contributed by atoms with Crippen LogP contribution in [0.2, 0.25) is 0 Å². The molecule has 1 saturated heterocycles. The first kappa shape index (κ1) is 13.6. The summed E-state index contributed by atoms with van der Waals surface area (Å²) in [5, 5.41) is 0. The monoisotopic (exact) mass is 278 g/mol. The minimum absolute atomic E-state index is 0.300. The van der Waals surface area contributed by atoms with E-state index in [2.05, 4.69) is 41.5 Å². The molecule has 20 heavy (non-hydrogen) atoms. The van der Waals surface area contributed by atoms with Crippen molar-refractivity contribution in [3.63, 3.8) is 0 Å². The van der Waals surface area contributed by atoms with Crippen LogP contribution in [0.25, 0.3) is 0 Å². The summed E-state index contributed by atoms with van der Waals surface area (Å²) in [7, 11) is 0. The Hall–Kier alpha value is -0.0800. The van der Waals surface area contributed by atoms with Gasteiger partial charge in [-0.15, -0.1) is 0 Å². The van der Waals surface area contributed by atoms with Gasteiger partial charge in [0.1, 0.15) is 0 Å². The lowest BCUT2D eigenvalue weighted by molar-refractivity contribution is -0.166. The lowest BCUT2D eigenvalue weighted by atomic mass is 9.47. The second-order valence-corrected chi connectivity index (χ2v) is 9.62. The summed E-state index contributed by atoms with van der Waals surface area (Å²) >= 11 is 0. The van der Waals surface area contributed by atoms with Gasteiger partial charge in [0.05, 0.1) is 12.2 Å². The number of hydrogen-bond donors (Lipinski definition) is 0. The molecule has 1 heterocycles. The maximum absolute atomic E-state index is 6.42. The molecule has 3 aliphatic carbocycles. The maximum atomic E-state index is 6.42. The smallest absolute Gasteiger partial charge is 0.163 e. The molecule has 2 bridgehead atoms. The van der Waals surface area contributed by atoms with Crippen molar-refractivity contribution in [1.82, 2.24) is 0 Å². The Morgan fingerprint density at radius 2 is 1.60 bits per heavy atom. The molecule has 0 radical (unpaired) electrons. The van der Waals surface area contributed by atoms with Crippen LogP contribution in [-0.4, -0.2) is 18.0 Å². The normalized spacial score (nSPS) is 53.7. The summed E-state index contributed by atoms with van der Waals surface area (Å²) in [6.45, 7) is 14.2. The molecule has 5 unspecified atom stereocenters. The Labute approximate surface area is 123 Å². The van der Waals surface area contributed by atoms with Gasteiger partial charge >= 0.3 is 0 Å². The summed E-state index contributed by atoms with van der Waals surface area (Å²) in [6, 6.07) is 0. The molecule has 0 N–H and O–H groups in total. The van der Waals surface area contributed by atoms with E-state index in [1.165, 1.54) is 25.7 Å². The number of fused-ring (bicyclic) bond motifs is 3. The molecule has 1 aliphatic heterocycles. The molecule has 4 fully saturated rings. The molecule has 114 valence electrons. The first-order chi connectivity index (χ1) is 9.09. The fourth-order valence-electron chi connectivity index (χ4n) is 6.74. The second-order valence-electron chi connectivity index (χ2n) is 9.62. The van der Waals surface area contributed by atoms with Crippen LogP contribution in [0.5, 0.6) is 0 Å². The molecule has 2 heteroatoms. The summed E-state index contributed by atoms with van der Waals surface area (Å²) in [6.07, 6.45) is 6.04. The van der Waals surface area contributed by atoms with Gasteiger partial charge in [0.25, 0.3) is 0 Å². The fraction of sp³-hybridized carbons (Fsp3) is 1.00. The highest BCUT2D eigenvalue weighted by molar-refractivity contribution is 5.21. The first-order valence-corrected chi connectivity index (χ1v) is 8.45. The van der Waals surface area contributed by atoms with E-state index in [4.69, 9.17) is 9.47 Å². The molecule has 5 atom stereocenters. The van der Waals surface area contributed by atoms with E-state index in [1.54, 1.807) is 0 Å². The van der Waals surface area contributed by atoms with Gasteiger partial charge in [-0.25, -0.2) is 0 Å². The van der Waals surface area contributed by atoms with Crippen molar-refractivity contribution < 1.29 is 9.47 Å². The number of hydrogen-bond acceptors (Lipinski definition) is 2. The van der Waals surface area contributed by atoms with Crippen LogP contribution in [0.4, 0.5) is 0 Å². The minimum Gasteiger partial charge on any atom is -0.345 e. The molecular formula is C18H30O2. The van der Waals surface area contributed by atoms with Crippen LogP contribution in [0, 0.1) is 28.1 Å². The van der Waals surface area contributed by atoms with E-state index in [-0.39, 0.29) is 0 Å². The van der Waals surface area contributed by atoms with E-state index in [0.717, 1.165) is 5.92 Å². The molecule has 0 amide bonds. The predicted octanol–water partition coefficient (Wildman–Crippen LogP) is 4.38. The topological polar surface area (TPSA) is 18.5 Å². The van der Waals surface area contributed by atoms with Gasteiger partial charge in [-0.1, -0.05) is 27.7 Å². The largest absolute Gasteiger partial charge is 0.345 e. The molecule has 2 nitrogen and oxygen atoms in total. The highest BCUT2D eigenvalue weighted by atomic mass is 16.8. The fourth-order valence-corrected chi connectivity index (χ4v) is 6.74. The lowest BCUT2D eigenvalue weighted by Gasteiger charge is -2.58. The molecular weight excluding hydrogens is 248 g/mol. The Bertz CT molecular complexity index is 450. The lowest BCUT2D eigenvalue weighted by Crippen LogP contribution is -2.58. The average Bonchev–Trinajstić information content (AvgIpc) is 2.86. The van der Waals surface area contributed by atoms with Gasteiger partial charge < -0.3 is 9.47 Å². The maximum Gasteiger partial charge on any atom is 0.163 e. The summed E-state index contributed by atoms with van der Waals surface area (Å²) in [4.78, 5) is 0. The van der Waals surface area contributed by atoms with Crippen molar-refractivity contribution in [2.45, 2.75) is 85.2 Å². The SMILES string of the molecule is CC1(C)OC2CC(C)(C)C34CCC(C3)C(C)(C)C4C2O1. The van der Waals surface area contributed by atoms with Gasteiger partial charge in [0.2, 0.25) is 0 Å². The van der Waals surface area contributed by atoms with Crippen LogP contribution >= 0.6 is 0 Å². The van der Waals surface area contributed by atoms with E-state index >= 15 is 0 Å². The van der Waals surface area contributed by atoms with E-state index < -0.39 is 5.79 Å². The van der Waals surface area contributed by atoms with Crippen LogP contribution in [0.3, 0.4) is 0 Å². The standard InChI is InChI=1S/C18H30O2/c1-15(2)10-12-13(20-17(5,6)19-12)14-16(3,4)11-7-8-18(14,15)9-11/h11-14H,7-10H2,1-6H3. The van der Waals surface area contributed by atoms with Crippen molar-refractivity contribution in [2.24, 2.45) is 28.1 Å². The highest BCUT2D eigenvalue weighted by Crippen LogP contribution is 2.76. The predicted molar refractivity (Wildman–Crippen MR) is 79.3 cm³/mol. The highest BCUT2D eigenvalue weighted by Gasteiger charge is 2.73. The quantitative estimate of drug-likeness (QED) is 0.654. The zero-order valence-corrected chi connectivity index (χ0v) is 14.0. The summed E-state index contributed by atoms with van der Waals surface area (Å²) in [5.74, 6) is 1.16. The molecule has 0 aromatic heterocycles. The third-order valence-corrected chi connectivity index (χ3v) is 7.61. The number of rotatable bonds is 0. The van der Waals surface area contributed by atoms with Crippen LogP contribution in [-0.2, 0) is 9.47 Å². The van der Waals surface area contributed by atoms with Crippen molar-refractivity contribution in [1.29, 1.82) is 0 Å². The molecule has 4 aliphatic rings. The zero-order valence-electron chi connectivity index (χ0n) is 14.0. The van der Waals surface area contributed by atoms with Crippen molar-refractivity contribution >= 4 is 0 Å². The third-order valence-electron chi connectivity index (χ3n) is 7.61. The van der Waals surface area contributed by atoms with Crippen LogP contribution in [0.1, 0.15) is 67.2 Å². The van der Waals surface area contributed by atoms with Crippen molar-refractivity contribution in [3.05, 3.63) is 0 Å². The number of ether oxygens (including phenoxy) is 2. The van der Waals surface area contributed by atoms with Crippen LogP contribution < -0.4 is 0 Å². The summed E-state index contributed by atoms with van der Waals surface area (Å²) < 4.78 is 12.7. The Morgan fingerprint density at radius 3 is 2.30 bits per heavy atom. The van der Waals surface area contributed by atoms with Gasteiger partial charge in [0.15, 0.2) is 5.79 Å². The Balaban J connectivity index is 1.82. The van der Waals surface area contributed by atoms with Gasteiger partial charge in [-0.2, -0.15) is 0 Å². The van der Waals surface area contributed by atoms with Gasteiger partial charge in [-0.3, -0.25) is 0 Å². The molecule has 4 rings (SSSR count). The van der Waals surface area contributed by atoms with Gasteiger partial charge in [0, 0.05) is 0 Å². The van der Waals surface area contributed by atoms with Crippen LogP contribution in [0.15, 0.2) is 0 Å². The van der Waals surface area contributed by atoms with E-state index in [1.807, 2.05) is 0 Å². The summed E-state index contributed by atoms with van der Waals surface area (Å²) in [5.41, 5.74) is 1.28. The minimum atomic E-state index is -0.394. The Morgan fingerprint density at radius 1 is 0.900 bits per heavy atom. The molecule has 1 spiro atoms. The average molecular weight is 278 g/mol. The first-order valence-electron chi connectivity index (χ1n) is 8.45. The van der Waals surface area contributed by atoms with Crippen molar-refractivity contribution in [3.8, 4) is 0 Å². The second kappa shape index (κ2) is 3.46. The van der Waals surface area contributed by atoms with Gasteiger partial charge in [-0.05, 0) is 67.6 Å². The van der Waals surface area contributed by atoms with Crippen molar-refractivity contribution in [2.75, 3.05) is 0 Å². The molecule has 3 saturated carbocycles. The van der Waals surface area contributed by atoms with E-state index in [9.17, 15) is 0 Å². The Kier molecular flexibility index (Phi) is 2.35. The molecule has 0 aromatic rings. The van der Waals surface area contributed by atoms with E-state index in [0.29, 0.717) is 34.4 Å². The third kappa shape index (κ3) is 1.38.